The van der Waals surface area contributed by atoms with Crippen molar-refractivity contribution in [3.05, 3.63) is 21.4 Å². The monoisotopic (exact) mass is 277 g/mol. The Morgan fingerprint density at radius 3 is 2.68 bits per heavy atom. The molecule has 104 valence electrons. The lowest BCUT2D eigenvalue weighted by molar-refractivity contribution is 0.0702. The maximum atomic E-state index is 12.5. The van der Waals surface area contributed by atoms with Crippen molar-refractivity contribution >= 4 is 17.2 Å². The Kier molecular flexibility index (Phi) is 3.66. The van der Waals surface area contributed by atoms with Crippen molar-refractivity contribution in [3.63, 3.8) is 0 Å². The van der Waals surface area contributed by atoms with Crippen molar-refractivity contribution < 1.29 is 4.79 Å². The molecule has 0 bridgehead atoms. The highest BCUT2D eigenvalue weighted by atomic mass is 32.1. The van der Waals surface area contributed by atoms with Crippen molar-refractivity contribution in [1.29, 1.82) is 0 Å². The molecule has 3 heteroatoms. The Hall–Kier alpha value is -0.830. The number of nitrogens with zero attached hydrogens (tertiary/aromatic N) is 1. The van der Waals surface area contributed by atoms with Gasteiger partial charge in [-0.1, -0.05) is 13.8 Å². The van der Waals surface area contributed by atoms with Crippen LogP contribution in [-0.2, 0) is 12.8 Å². The zero-order valence-electron chi connectivity index (χ0n) is 11.9. The van der Waals surface area contributed by atoms with Crippen LogP contribution in [0.2, 0.25) is 0 Å². The molecule has 1 aliphatic heterocycles. The molecule has 1 aromatic heterocycles. The Morgan fingerprint density at radius 2 is 1.95 bits per heavy atom. The summed E-state index contributed by atoms with van der Waals surface area (Å²) in [5.74, 6) is 1.83. The van der Waals surface area contributed by atoms with E-state index >= 15 is 0 Å². The third-order valence-electron chi connectivity index (χ3n) is 4.61. The van der Waals surface area contributed by atoms with E-state index in [0.29, 0.717) is 0 Å². The second-order valence-electron chi connectivity index (χ2n) is 6.38. The lowest BCUT2D eigenvalue weighted by Crippen LogP contribution is -2.37. The Morgan fingerprint density at radius 1 is 1.21 bits per heavy atom. The number of hydrogen-bond donors (Lipinski definition) is 0. The standard InChI is InChI=1S/C16H23NOS/c1-11-5-7-17(8-6-11)16(18)15-10-13-9-12(2)3-4-14(13)19-15/h10-12H,3-9H2,1-2H3/t12-/m0/s1. The molecule has 0 saturated carbocycles. The molecule has 0 aromatic carbocycles. The van der Waals surface area contributed by atoms with Crippen LogP contribution in [0.1, 0.15) is 53.2 Å². The molecule has 0 spiro atoms. The molecular weight excluding hydrogens is 254 g/mol. The van der Waals surface area contributed by atoms with Crippen LogP contribution < -0.4 is 0 Å². The number of thiophene rings is 1. The van der Waals surface area contributed by atoms with Gasteiger partial charge in [0.15, 0.2) is 0 Å². The third kappa shape index (κ3) is 2.71. The zero-order chi connectivity index (χ0) is 13.4. The van der Waals surface area contributed by atoms with E-state index in [2.05, 4.69) is 24.8 Å². The Balaban J connectivity index is 1.74. The summed E-state index contributed by atoms with van der Waals surface area (Å²) in [6.45, 7) is 6.49. The van der Waals surface area contributed by atoms with E-state index in [9.17, 15) is 4.79 Å². The van der Waals surface area contributed by atoms with Gasteiger partial charge in [0.05, 0.1) is 4.88 Å². The smallest absolute Gasteiger partial charge is 0.263 e. The van der Waals surface area contributed by atoms with E-state index < -0.39 is 0 Å². The number of fused-ring (bicyclic) bond motifs is 1. The molecule has 3 rings (SSSR count). The predicted octanol–water partition coefficient (Wildman–Crippen LogP) is 3.75. The van der Waals surface area contributed by atoms with Gasteiger partial charge >= 0.3 is 0 Å². The summed E-state index contributed by atoms with van der Waals surface area (Å²) in [4.78, 5) is 17.0. The van der Waals surface area contributed by atoms with Crippen LogP contribution in [0.15, 0.2) is 6.07 Å². The van der Waals surface area contributed by atoms with Crippen molar-refractivity contribution in [1.82, 2.24) is 4.90 Å². The number of hydrogen-bond acceptors (Lipinski definition) is 2. The quantitative estimate of drug-likeness (QED) is 0.765. The first-order chi connectivity index (χ1) is 9.13. The van der Waals surface area contributed by atoms with Crippen LogP contribution in [-0.4, -0.2) is 23.9 Å². The topological polar surface area (TPSA) is 20.3 Å². The van der Waals surface area contributed by atoms with Crippen molar-refractivity contribution in [2.45, 2.75) is 46.0 Å². The molecule has 0 N–H and O–H groups in total. The summed E-state index contributed by atoms with van der Waals surface area (Å²) in [7, 11) is 0. The number of carbonyl (C=O) groups excluding carboxylic acids is 1. The molecule has 2 aliphatic rings. The van der Waals surface area contributed by atoms with Gasteiger partial charge in [-0.2, -0.15) is 0 Å². The van der Waals surface area contributed by atoms with E-state index in [-0.39, 0.29) is 5.91 Å². The molecule has 1 aliphatic carbocycles. The number of aryl methyl sites for hydroxylation is 1. The van der Waals surface area contributed by atoms with Gasteiger partial charge in [0, 0.05) is 18.0 Å². The van der Waals surface area contributed by atoms with Gasteiger partial charge < -0.3 is 4.90 Å². The largest absolute Gasteiger partial charge is 0.338 e. The van der Waals surface area contributed by atoms with Crippen LogP contribution in [0, 0.1) is 11.8 Å². The first kappa shape index (κ1) is 13.2. The summed E-state index contributed by atoms with van der Waals surface area (Å²) in [5.41, 5.74) is 1.44. The van der Waals surface area contributed by atoms with Crippen molar-refractivity contribution in [2.24, 2.45) is 11.8 Å². The molecule has 0 unspecified atom stereocenters. The van der Waals surface area contributed by atoms with Gasteiger partial charge in [-0.3, -0.25) is 4.79 Å². The second kappa shape index (κ2) is 5.28. The highest BCUT2D eigenvalue weighted by Gasteiger charge is 2.25. The minimum Gasteiger partial charge on any atom is -0.338 e. The Labute approximate surface area is 119 Å². The van der Waals surface area contributed by atoms with Crippen LogP contribution in [0.4, 0.5) is 0 Å². The van der Waals surface area contributed by atoms with Crippen LogP contribution in [0.3, 0.4) is 0 Å². The Bertz CT molecular complexity index is 471. The molecule has 1 aromatic rings. The number of piperidine rings is 1. The number of amides is 1. The fourth-order valence-corrected chi connectivity index (χ4v) is 4.36. The highest BCUT2D eigenvalue weighted by Crippen LogP contribution is 2.33. The average Bonchev–Trinajstić information content (AvgIpc) is 2.81. The first-order valence-electron chi connectivity index (χ1n) is 7.54. The van der Waals surface area contributed by atoms with E-state index in [1.54, 1.807) is 11.3 Å². The minimum atomic E-state index is 0.277. The molecule has 1 amide bonds. The minimum absolute atomic E-state index is 0.277. The lowest BCUT2D eigenvalue weighted by Gasteiger charge is -2.29. The van der Waals surface area contributed by atoms with Gasteiger partial charge in [-0.25, -0.2) is 0 Å². The average molecular weight is 277 g/mol. The molecule has 0 radical (unpaired) electrons. The maximum Gasteiger partial charge on any atom is 0.263 e. The number of rotatable bonds is 1. The fraction of sp³-hybridized carbons (Fsp3) is 0.688. The molecule has 2 nitrogen and oxygen atoms in total. The lowest BCUT2D eigenvalue weighted by atomic mass is 9.90. The molecular formula is C16H23NOS. The summed E-state index contributed by atoms with van der Waals surface area (Å²) in [5, 5.41) is 0. The molecule has 1 fully saturated rings. The second-order valence-corrected chi connectivity index (χ2v) is 7.52. The summed E-state index contributed by atoms with van der Waals surface area (Å²) >= 11 is 1.75. The van der Waals surface area contributed by atoms with Gasteiger partial charge in [0.25, 0.3) is 5.91 Å². The van der Waals surface area contributed by atoms with E-state index in [1.165, 1.54) is 23.3 Å². The summed E-state index contributed by atoms with van der Waals surface area (Å²) < 4.78 is 0. The van der Waals surface area contributed by atoms with Crippen LogP contribution in [0.25, 0.3) is 0 Å². The third-order valence-corrected chi connectivity index (χ3v) is 5.84. The summed E-state index contributed by atoms with van der Waals surface area (Å²) in [6, 6.07) is 2.18. The highest BCUT2D eigenvalue weighted by molar-refractivity contribution is 7.14. The first-order valence-corrected chi connectivity index (χ1v) is 8.36. The van der Waals surface area contributed by atoms with Gasteiger partial charge in [-0.15, -0.1) is 11.3 Å². The molecule has 2 heterocycles. The van der Waals surface area contributed by atoms with Gasteiger partial charge in [-0.05, 0) is 55.6 Å². The predicted molar refractivity (Wildman–Crippen MR) is 79.8 cm³/mol. The molecule has 1 saturated heterocycles. The van der Waals surface area contributed by atoms with Gasteiger partial charge in [0.1, 0.15) is 0 Å². The van der Waals surface area contributed by atoms with E-state index in [0.717, 1.165) is 49.1 Å². The maximum absolute atomic E-state index is 12.5. The van der Waals surface area contributed by atoms with Crippen molar-refractivity contribution in [2.75, 3.05) is 13.1 Å². The molecule has 19 heavy (non-hydrogen) atoms. The van der Waals surface area contributed by atoms with Crippen LogP contribution >= 0.6 is 11.3 Å². The van der Waals surface area contributed by atoms with Crippen molar-refractivity contribution in [3.8, 4) is 0 Å². The number of carbonyl (C=O) groups is 1. The van der Waals surface area contributed by atoms with E-state index in [4.69, 9.17) is 0 Å². The fourth-order valence-electron chi connectivity index (χ4n) is 3.18. The zero-order valence-corrected chi connectivity index (χ0v) is 12.8. The normalized spacial score (nSPS) is 24.3. The number of likely N-dealkylation sites (tertiary alicyclic amines) is 1. The summed E-state index contributed by atoms with van der Waals surface area (Å²) in [6.07, 6.45) is 5.94. The van der Waals surface area contributed by atoms with Crippen LogP contribution in [0.5, 0.6) is 0 Å². The van der Waals surface area contributed by atoms with E-state index in [1.807, 2.05) is 0 Å². The SMILES string of the molecule is CC1CCN(C(=O)c2cc3c(s2)CC[C@H](C)C3)CC1. The molecule has 1 atom stereocenters. The van der Waals surface area contributed by atoms with Gasteiger partial charge in [0.2, 0.25) is 0 Å².